The van der Waals surface area contributed by atoms with Crippen LogP contribution in [-0.4, -0.2) is 20.6 Å². The summed E-state index contributed by atoms with van der Waals surface area (Å²) in [6, 6.07) is 7.39. The van der Waals surface area contributed by atoms with Gasteiger partial charge in [-0.1, -0.05) is 0 Å². The minimum absolute atomic E-state index is 0.0178. The minimum Gasteiger partial charge on any atom is -0.291 e. The van der Waals surface area contributed by atoms with Crippen molar-refractivity contribution in [2.75, 3.05) is 5.43 Å². The van der Waals surface area contributed by atoms with E-state index >= 15 is 0 Å². The highest BCUT2D eigenvalue weighted by Gasteiger charge is 2.05. The Morgan fingerprint density at radius 1 is 1.38 bits per heavy atom. The van der Waals surface area contributed by atoms with Gasteiger partial charge in [-0.25, -0.2) is 10.4 Å². The first kappa shape index (κ1) is 14.4. The molecular formula is C13H13N5O3. The van der Waals surface area contributed by atoms with Gasteiger partial charge in [-0.15, -0.1) is 0 Å². The normalized spacial score (nSPS) is 11.2. The number of hydrogen-bond donors (Lipinski definition) is 2. The maximum absolute atomic E-state index is 11.3. The van der Waals surface area contributed by atoms with Crippen LogP contribution >= 0.6 is 0 Å². The molecule has 8 nitrogen and oxygen atoms in total. The van der Waals surface area contributed by atoms with E-state index in [0.717, 1.165) is 5.56 Å². The summed E-state index contributed by atoms with van der Waals surface area (Å²) in [6.45, 7) is 3.44. The molecular weight excluding hydrogens is 274 g/mol. The van der Waals surface area contributed by atoms with Crippen molar-refractivity contribution in [3.05, 3.63) is 62.1 Å². The molecule has 0 atom stereocenters. The van der Waals surface area contributed by atoms with Crippen LogP contribution < -0.4 is 11.0 Å². The second-order valence-electron chi connectivity index (χ2n) is 4.35. The third kappa shape index (κ3) is 3.72. The molecule has 1 aromatic carbocycles. The van der Waals surface area contributed by atoms with E-state index in [-0.39, 0.29) is 17.2 Å². The number of hydrazone groups is 1. The van der Waals surface area contributed by atoms with Crippen molar-refractivity contribution in [1.82, 2.24) is 9.97 Å². The molecule has 0 saturated carbocycles. The van der Waals surface area contributed by atoms with Crippen molar-refractivity contribution in [1.29, 1.82) is 0 Å². The van der Waals surface area contributed by atoms with Gasteiger partial charge in [0.1, 0.15) is 0 Å². The molecule has 0 aliphatic carbocycles. The monoisotopic (exact) mass is 287 g/mol. The molecule has 2 aromatic rings. The van der Waals surface area contributed by atoms with Gasteiger partial charge in [0.15, 0.2) is 0 Å². The van der Waals surface area contributed by atoms with Gasteiger partial charge in [-0.05, 0) is 31.5 Å². The summed E-state index contributed by atoms with van der Waals surface area (Å²) >= 11 is 0. The number of nitrogens with one attached hydrogen (secondary N) is 2. The van der Waals surface area contributed by atoms with Crippen molar-refractivity contribution >= 4 is 17.3 Å². The Hall–Kier alpha value is -3.03. The Morgan fingerprint density at radius 3 is 2.62 bits per heavy atom. The zero-order valence-corrected chi connectivity index (χ0v) is 11.5. The van der Waals surface area contributed by atoms with Crippen LogP contribution in [0.25, 0.3) is 0 Å². The molecule has 0 aliphatic rings. The quantitative estimate of drug-likeness (QED) is 0.506. The van der Waals surface area contributed by atoms with Gasteiger partial charge in [0.25, 0.3) is 11.2 Å². The average Bonchev–Trinajstić information content (AvgIpc) is 2.44. The molecule has 0 saturated heterocycles. The second-order valence-corrected chi connectivity index (χ2v) is 4.35. The number of rotatable bonds is 4. The van der Waals surface area contributed by atoms with Gasteiger partial charge in [-0.3, -0.25) is 19.9 Å². The van der Waals surface area contributed by atoms with Gasteiger partial charge >= 0.3 is 0 Å². The first-order valence-corrected chi connectivity index (χ1v) is 6.09. The summed E-state index contributed by atoms with van der Waals surface area (Å²) in [6.07, 6.45) is 0. The van der Waals surface area contributed by atoms with Crippen molar-refractivity contribution in [2.45, 2.75) is 13.8 Å². The van der Waals surface area contributed by atoms with Crippen LogP contribution in [0.2, 0.25) is 0 Å². The zero-order valence-electron chi connectivity index (χ0n) is 11.5. The summed E-state index contributed by atoms with van der Waals surface area (Å²) in [5.41, 5.74) is 4.30. The smallest absolute Gasteiger partial charge is 0.269 e. The molecule has 0 aliphatic heterocycles. The number of hydrogen-bond acceptors (Lipinski definition) is 6. The first-order chi connectivity index (χ1) is 9.95. The maximum atomic E-state index is 11.3. The molecule has 0 unspecified atom stereocenters. The van der Waals surface area contributed by atoms with Gasteiger partial charge in [0.2, 0.25) is 5.95 Å². The molecule has 108 valence electrons. The van der Waals surface area contributed by atoms with Crippen molar-refractivity contribution in [3.8, 4) is 0 Å². The number of anilines is 1. The molecule has 1 aromatic heterocycles. The van der Waals surface area contributed by atoms with Crippen LogP contribution in [0.15, 0.2) is 40.2 Å². The lowest BCUT2D eigenvalue weighted by molar-refractivity contribution is -0.384. The van der Waals surface area contributed by atoms with Crippen LogP contribution in [0, 0.1) is 17.0 Å². The second kappa shape index (κ2) is 5.95. The van der Waals surface area contributed by atoms with Gasteiger partial charge in [-0.2, -0.15) is 5.10 Å². The lowest BCUT2D eigenvalue weighted by Crippen LogP contribution is -2.11. The number of aryl methyl sites for hydroxylation is 1. The minimum atomic E-state index is -0.462. The van der Waals surface area contributed by atoms with E-state index in [2.05, 4.69) is 20.5 Å². The van der Waals surface area contributed by atoms with E-state index in [1.807, 2.05) is 0 Å². The van der Waals surface area contributed by atoms with E-state index in [1.54, 1.807) is 26.0 Å². The fourth-order valence-electron chi connectivity index (χ4n) is 1.66. The SMILES string of the molecule is C/C(=N/Nc1nc(C)cc(=O)[nH]1)c1ccc([N+](=O)[O-])cc1. The predicted octanol–water partition coefficient (Wildman–Crippen LogP) is 1.82. The summed E-state index contributed by atoms with van der Waals surface area (Å²) in [7, 11) is 0. The van der Waals surface area contributed by atoms with E-state index in [9.17, 15) is 14.9 Å². The third-order valence-corrected chi connectivity index (χ3v) is 2.70. The number of non-ortho nitro benzene ring substituents is 1. The molecule has 1 heterocycles. The summed E-state index contributed by atoms with van der Waals surface area (Å²) in [5.74, 6) is 0.237. The Kier molecular flexibility index (Phi) is 4.07. The molecule has 8 heteroatoms. The van der Waals surface area contributed by atoms with Crippen LogP contribution in [0.4, 0.5) is 11.6 Å². The fraction of sp³-hybridized carbons (Fsp3) is 0.154. The molecule has 0 amide bonds. The van der Waals surface area contributed by atoms with Crippen LogP contribution in [0.1, 0.15) is 18.2 Å². The predicted molar refractivity (Wildman–Crippen MR) is 78.5 cm³/mol. The molecule has 21 heavy (non-hydrogen) atoms. The van der Waals surface area contributed by atoms with Gasteiger partial charge < -0.3 is 0 Å². The summed E-state index contributed by atoms with van der Waals surface area (Å²) in [5, 5.41) is 14.7. The topological polar surface area (TPSA) is 113 Å². The summed E-state index contributed by atoms with van der Waals surface area (Å²) in [4.78, 5) is 28.0. The Labute approximate surface area is 119 Å². The van der Waals surface area contributed by atoms with E-state index < -0.39 is 4.92 Å². The number of nitrogens with zero attached hydrogens (tertiary/aromatic N) is 3. The lowest BCUT2D eigenvalue weighted by Gasteiger charge is -2.03. The summed E-state index contributed by atoms with van der Waals surface area (Å²) < 4.78 is 0. The van der Waals surface area contributed by atoms with E-state index in [0.29, 0.717) is 11.4 Å². The number of aromatic nitrogens is 2. The van der Waals surface area contributed by atoms with Crippen molar-refractivity contribution in [3.63, 3.8) is 0 Å². The van der Waals surface area contributed by atoms with Crippen LogP contribution in [-0.2, 0) is 0 Å². The molecule has 0 radical (unpaired) electrons. The van der Waals surface area contributed by atoms with Crippen LogP contribution in [0.3, 0.4) is 0 Å². The maximum Gasteiger partial charge on any atom is 0.269 e. The first-order valence-electron chi connectivity index (χ1n) is 6.09. The highest BCUT2D eigenvalue weighted by atomic mass is 16.6. The Bertz CT molecular complexity index is 749. The largest absolute Gasteiger partial charge is 0.291 e. The molecule has 0 spiro atoms. The molecule has 0 bridgehead atoms. The van der Waals surface area contributed by atoms with Crippen molar-refractivity contribution < 1.29 is 4.92 Å². The van der Waals surface area contributed by atoms with E-state index in [1.165, 1.54) is 18.2 Å². The molecule has 2 N–H and O–H groups in total. The number of nitro benzene ring substituents is 1. The number of aromatic amines is 1. The number of H-pyrrole nitrogens is 1. The highest BCUT2D eigenvalue weighted by molar-refractivity contribution is 5.99. The standard InChI is InChI=1S/C13H13N5O3/c1-8-7-12(19)15-13(14-8)17-16-9(2)10-3-5-11(6-4-10)18(20)21/h3-7H,1-2H3,(H2,14,15,17,19)/b16-9-. The zero-order chi connectivity index (χ0) is 15.4. The Morgan fingerprint density at radius 2 is 2.05 bits per heavy atom. The molecule has 0 fully saturated rings. The van der Waals surface area contributed by atoms with E-state index in [4.69, 9.17) is 0 Å². The Balaban J connectivity index is 2.17. The number of nitro groups is 1. The average molecular weight is 287 g/mol. The van der Waals surface area contributed by atoms with Gasteiger partial charge in [0.05, 0.1) is 10.6 Å². The third-order valence-electron chi connectivity index (χ3n) is 2.70. The highest BCUT2D eigenvalue weighted by Crippen LogP contribution is 2.12. The van der Waals surface area contributed by atoms with Crippen molar-refractivity contribution in [2.24, 2.45) is 5.10 Å². The lowest BCUT2D eigenvalue weighted by atomic mass is 10.1. The fourth-order valence-corrected chi connectivity index (χ4v) is 1.66. The van der Waals surface area contributed by atoms with Crippen LogP contribution in [0.5, 0.6) is 0 Å². The van der Waals surface area contributed by atoms with Gasteiger partial charge in [0, 0.05) is 23.9 Å². The molecule has 2 rings (SSSR count). The number of benzene rings is 1.